The van der Waals surface area contributed by atoms with Crippen LogP contribution in [0.2, 0.25) is 0 Å². The molecule has 9 heteroatoms. The van der Waals surface area contributed by atoms with E-state index in [-0.39, 0.29) is 12.1 Å². The number of nitrogens with one attached hydrogen (secondary N) is 1. The van der Waals surface area contributed by atoms with E-state index in [9.17, 15) is 14.7 Å². The molecule has 0 fully saturated rings. The first-order valence-electron chi connectivity index (χ1n) is 12.9. The van der Waals surface area contributed by atoms with Crippen LogP contribution < -0.4 is 15.6 Å². The highest BCUT2D eigenvalue weighted by atomic mass is 16.5. The molecule has 0 aliphatic rings. The summed E-state index contributed by atoms with van der Waals surface area (Å²) in [6.07, 6.45) is 4.11. The van der Waals surface area contributed by atoms with Gasteiger partial charge in [-0.25, -0.2) is 9.67 Å². The monoisotopic (exact) mass is 537 g/mol. The fraction of sp³-hybridized carbons (Fsp3) is 0.226. The molecule has 3 aromatic heterocycles. The van der Waals surface area contributed by atoms with Crippen molar-refractivity contribution in [3.63, 3.8) is 0 Å². The van der Waals surface area contributed by atoms with Crippen molar-refractivity contribution in [2.24, 2.45) is 0 Å². The number of para-hydroxylation sites is 1. The summed E-state index contributed by atoms with van der Waals surface area (Å²) in [6.45, 7) is 5.14. The maximum absolute atomic E-state index is 13.5. The zero-order chi connectivity index (χ0) is 28.4. The van der Waals surface area contributed by atoms with E-state index < -0.39 is 17.1 Å². The van der Waals surface area contributed by atoms with Crippen LogP contribution in [0.15, 0.2) is 83.9 Å². The summed E-state index contributed by atoms with van der Waals surface area (Å²) in [6, 6.07) is 20.4. The van der Waals surface area contributed by atoms with E-state index in [2.05, 4.69) is 15.3 Å². The highest BCUT2D eigenvalue weighted by Gasteiger charge is 2.27. The third-order valence-electron chi connectivity index (χ3n) is 6.66. The van der Waals surface area contributed by atoms with E-state index in [0.717, 1.165) is 27.8 Å². The minimum absolute atomic E-state index is 0.00216. The lowest BCUT2D eigenvalue weighted by Gasteiger charge is -2.22. The van der Waals surface area contributed by atoms with Gasteiger partial charge < -0.3 is 15.2 Å². The van der Waals surface area contributed by atoms with Crippen LogP contribution in [0.1, 0.15) is 41.0 Å². The Morgan fingerprint density at radius 2 is 1.82 bits per heavy atom. The van der Waals surface area contributed by atoms with Crippen LogP contribution >= 0.6 is 0 Å². The Balaban J connectivity index is 1.40. The molecule has 204 valence electrons. The van der Waals surface area contributed by atoms with Crippen molar-refractivity contribution in [2.45, 2.75) is 39.3 Å². The number of benzene rings is 2. The van der Waals surface area contributed by atoms with Crippen molar-refractivity contribution >= 4 is 22.6 Å². The van der Waals surface area contributed by atoms with Crippen LogP contribution in [0, 0.1) is 6.92 Å². The maximum Gasteiger partial charge on any atom is 0.284 e. The van der Waals surface area contributed by atoms with Gasteiger partial charge in [-0.2, -0.15) is 0 Å². The minimum atomic E-state index is -1.11. The van der Waals surface area contributed by atoms with E-state index in [1.165, 1.54) is 4.68 Å². The molecule has 5 rings (SSSR count). The molecular formula is C31H31N5O4. The predicted octanol–water partition coefficient (Wildman–Crippen LogP) is 4.51. The van der Waals surface area contributed by atoms with Crippen LogP contribution in [0.5, 0.6) is 5.75 Å². The second kappa shape index (κ2) is 10.8. The number of aliphatic hydroxyl groups is 1. The molecule has 40 heavy (non-hydrogen) atoms. The first-order chi connectivity index (χ1) is 19.1. The number of amides is 1. The Morgan fingerprint density at radius 3 is 2.50 bits per heavy atom. The number of ether oxygens (including phenoxy) is 1. The van der Waals surface area contributed by atoms with Gasteiger partial charge in [0.2, 0.25) is 0 Å². The van der Waals surface area contributed by atoms with Gasteiger partial charge in [0.25, 0.3) is 11.5 Å². The van der Waals surface area contributed by atoms with Gasteiger partial charge in [0.05, 0.1) is 36.2 Å². The number of pyridine rings is 2. The predicted molar refractivity (Wildman–Crippen MR) is 154 cm³/mol. The summed E-state index contributed by atoms with van der Waals surface area (Å²) in [7, 11) is 1.63. The van der Waals surface area contributed by atoms with E-state index in [1.807, 2.05) is 48.5 Å². The van der Waals surface area contributed by atoms with Crippen molar-refractivity contribution < 1.29 is 14.6 Å². The van der Waals surface area contributed by atoms with Crippen molar-refractivity contribution in [3.8, 4) is 11.4 Å². The number of carbonyl (C=O) groups excluding carboxylic acids is 1. The summed E-state index contributed by atoms with van der Waals surface area (Å²) in [4.78, 5) is 35.7. The van der Waals surface area contributed by atoms with Crippen LogP contribution in [0.3, 0.4) is 0 Å². The van der Waals surface area contributed by atoms with Crippen LogP contribution in [0.25, 0.3) is 16.6 Å². The van der Waals surface area contributed by atoms with Gasteiger partial charge in [-0.05, 0) is 74.7 Å². The number of methoxy groups -OCH3 is 1. The van der Waals surface area contributed by atoms with Crippen LogP contribution in [0.4, 0.5) is 5.82 Å². The molecule has 0 bridgehead atoms. The second-order valence-corrected chi connectivity index (χ2v) is 10.3. The Bertz CT molecular complexity index is 1730. The quantitative estimate of drug-likeness (QED) is 0.301. The number of hydrogen-bond donors (Lipinski definition) is 2. The smallest absolute Gasteiger partial charge is 0.284 e. The molecule has 0 saturated carbocycles. The standard InChI is InChI=1S/C31H31N5O4/c1-20-28(30(38)36(23-8-6-5-7-9-23)35(20)19-31(2,3)39)29(37)34-27-13-10-21(18-33-27)16-22-14-15-32-26-17-24(40-4)11-12-25(22)26/h5-15,17-18,39H,16,19H2,1-4H3,(H,33,34,37). The zero-order valence-corrected chi connectivity index (χ0v) is 22.9. The summed E-state index contributed by atoms with van der Waals surface area (Å²) in [5.74, 6) is 0.523. The first-order valence-corrected chi connectivity index (χ1v) is 12.9. The lowest BCUT2D eigenvalue weighted by atomic mass is 10.0. The third-order valence-corrected chi connectivity index (χ3v) is 6.66. The van der Waals surface area contributed by atoms with E-state index in [1.54, 1.807) is 63.2 Å². The van der Waals surface area contributed by atoms with Gasteiger partial charge in [0, 0.05) is 23.8 Å². The largest absolute Gasteiger partial charge is 0.497 e. The molecule has 2 aromatic carbocycles. The van der Waals surface area contributed by atoms with Gasteiger partial charge in [-0.3, -0.25) is 19.3 Å². The van der Waals surface area contributed by atoms with Gasteiger partial charge in [-0.1, -0.05) is 24.3 Å². The molecule has 9 nitrogen and oxygen atoms in total. The third kappa shape index (κ3) is 5.50. The molecular weight excluding hydrogens is 506 g/mol. The average Bonchev–Trinajstić information content (AvgIpc) is 3.17. The molecule has 0 aliphatic heterocycles. The number of nitrogens with zero attached hydrogens (tertiary/aromatic N) is 4. The molecule has 0 spiro atoms. The van der Waals surface area contributed by atoms with Crippen LogP contribution in [-0.4, -0.2) is 43.1 Å². The summed E-state index contributed by atoms with van der Waals surface area (Å²) >= 11 is 0. The fourth-order valence-electron chi connectivity index (χ4n) is 4.76. The second-order valence-electron chi connectivity index (χ2n) is 10.3. The Labute approximate surface area is 231 Å². The average molecular weight is 538 g/mol. The number of aromatic nitrogens is 4. The van der Waals surface area contributed by atoms with Crippen LogP contribution in [-0.2, 0) is 13.0 Å². The van der Waals surface area contributed by atoms with Crippen molar-refractivity contribution in [3.05, 3.63) is 112 Å². The molecule has 2 N–H and O–H groups in total. The lowest BCUT2D eigenvalue weighted by Crippen LogP contribution is -2.32. The van der Waals surface area contributed by atoms with E-state index >= 15 is 0 Å². The fourth-order valence-corrected chi connectivity index (χ4v) is 4.76. The number of fused-ring (bicyclic) bond motifs is 1. The molecule has 0 radical (unpaired) electrons. The van der Waals surface area contributed by atoms with Gasteiger partial charge in [0.1, 0.15) is 17.1 Å². The highest BCUT2D eigenvalue weighted by molar-refractivity contribution is 6.04. The first kappa shape index (κ1) is 26.8. The molecule has 3 heterocycles. The number of rotatable bonds is 8. The Morgan fingerprint density at radius 1 is 1.05 bits per heavy atom. The lowest BCUT2D eigenvalue weighted by molar-refractivity contribution is 0.0546. The number of hydrogen-bond acceptors (Lipinski definition) is 6. The molecule has 0 atom stereocenters. The molecule has 1 amide bonds. The zero-order valence-electron chi connectivity index (χ0n) is 22.9. The van der Waals surface area contributed by atoms with Crippen molar-refractivity contribution in [2.75, 3.05) is 12.4 Å². The minimum Gasteiger partial charge on any atom is -0.497 e. The molecule has 0 unspecified atom stereocenters. The van der Waals surface area contributed by atoms with E-state index in [0.29, 0.717) is 23.6 Å². The summed E-state index contributed by atoms with van der Waals surface area (Å²) < 4.78 is 8.37. The highest BCUT2D eigenvalue weighted by Crippen LogP contribution is 2.24. The normalized spacial score (nSPS) is 11.5. The molecule has 5 aromatic rings. The summed E-state index contributed by atoms with van der Waals surface area (Å²) in [5, 5.41) is 14.3. The number of carbonyl (C=O) groups is 1. The molecule has 0 aliphatic carbocycles. The van der Waals surface area contributed by atoms with E-state index in [4.69, 9.17) is 4.74 Å². The molecule has 0 saturated heterocycles. The Hall–Kier alpha value is -4.76. The topological polar surface area (TPSA) is 111 Å². The maximum atomic E-state index is 13.5. The van der Waals surface area contributed by atoms with Crippen molar-refractivity contribution in [1.82, 2.24) is 19.3 Å². The van der Waals surface area contributed by atoms with Crippen molar-refractivity contribution in [1.29, 1.82) is 0 Å². The van der Waals surface area contributed by atoms with Gasteiger partial charge >= 0.3 is 0 Å². The van der Waals surface area contributed by atoms with Gasteiger partial charge in [-0.15, -0.1) is 0 Å². The summed E-state index contributed by atoms with van der Waals surface area (Å²) in [5.41, 5.74) is 2.37. The SMILES string of the molecule is COc1ccc2c(Cc3ccc(NC(=O)c4c(C)n(CC(C)(C)O)n(-c5ccccc5)c4=O)nc3)ccnc2c1. The Kier molecular flexibility index (Phi) is 7.23. The van der Waals surface area contributed by atoms with Gasteiger partial charge in [0.15, 0.2) is 0 Å². The number of anilines is 1.